The minimum atomic E-state index is -0.707. The highest BCUT2D eigenvalue weighted by molar-refractivity contribution is 5.92. The summed E-state index contributed by atoms with van der Waals surface area (Å²) >= 11 is 0. The Morgan fingerprint density at radius 3 is 2.27 bits per heavy atom. The number of rotatable bonds is 7. The second-order valence-electron chi connectivity index (χ2n) is 6.21. The summed E-state index contributed by atoms with van der Waals surface area (Å²) in [6.07, 6.45) is 0. The van der Waals surface area contributed by atoms with E-state index in [2.05, 4.69) is 10.1 Å². The Morgan fingerprint density at radius 1 is 0.967 bits per heavy atom. The number of hydrogen-bond donors (Lipinski definition) is 1. The average Bonchev–Trinajstić information content (AvgIpc) is 2.78. The SMILES string of the molecule is COC(=O)c1ccc(OCC(=O)Nc2ccc(-c3ccccc3)cc2)c([N+](=O)[O-])c1. The van der Waals surface area contributed by atoms with E-state index in [0.717, 1.165) is 17.2 Å². The summed E-state index contributed by atoms with van der Waals surface area (Å²) in [5, 5.41) is 13.9. The van der Waals surface area contributed by atoms with Gasteiger partial charge in [0.1, 0.15) is 0 Å². The van der Waals surface area contributed by atoms with E-state index in [1.165, 1.54) is 19.2 Å². The average molecular weight is 406 g/mol. The number of hydrogen-bond acceptors (Lipinski definition) is 6. The Bertz CT molecular complexity index is 1060. The molecule has 30 heavy (non-hydrogen) atoms. The number of nitro groups is 1. The quantitative estimate of drug-likeness (QED) is 0.360. The van der Waals surface area contributed by atoms with Gasteiger partial charge in [0.15, 0.2) is 12.4 Å². The molecule has 152 valence electrons. The maximum absolute atomic E-state index is 12.2. The zero-order valence-electron chi connectivity index (χ0n) is 16.0. The van der Waals surface area contributed by atoms with Crippen molar-refractivity contribution in [1.82, 2.24) is 0 Å². The zero-order valence-corrected chi connectivity index (χ0v) is 16.0. The third kappa shape index (κ3) is 4.99. The van der Waals surface area contributed by atoms with Gasteiger partial charge in [-0.05, 0) is 35.4 Å². The fourth-order valence-electron chi connectivity index (χ4n) is 2.74. The maximum Gasteiger partial charge on any atom is 0.338 e. The fourth-order valence-corrected chi connectivity index (χ4v) is 2.74. The van der Waals surface area contributed by atoms with Gasteiger partial charge in [0.25, 0.3) is 5.91 Å². The van der Waals surface area contributed by atoms with Crippen molar-refractivity contribution in [3.63, 3.8) is 0 Å². The lowest BCUT2D eigenvalue weighted by atomic mass is 10.1. The molecule has 0 fully saturated rings. The fraction of sp³-hybridized carbons (Fsp3) is 0.0909. The van der Waals surface area contributed by atoms with Gasteiger partial charge in [0.05, 0.1) is 17.6 Å². The van der Waals surface area contributed by atoms with E-state index in [1.807, 2.05) is 42.5 Å². The Labute approximate surface area is 172 Å². The van der Waals surface area contributed by atoms with Gasteiger partial charge >= 0.3 is 11.7 Å². The van der Waals surface area contributed by atoms with Crippen LogP contribution in [0.5, 0.6) is 5.75 Å². The number of benzene rings is 3. The number of nitro benzene ring substituents is 1. The molecule has 0 aliphatic rings. The third-order valence-electron chi connectivity index (χ3n) is 4.21. The highest BCUT2D eigenvalue weighted by Gasteiger charge is 2.20. The highest BCUT2D eigenvalue weighted by atomic mass is 16.6. The Balaban J connectivity index is 1.63. The lowest BCUT2D eigenvalue weighted by Gasteiger charge is -2.09. The molecule has 1 amide bonds. The first kappa shape index (κ1) is 20.5. The van der Waals surface area contributed by atoms with Crippen LogP contribution >= 0.6 is 0 Å². The summed E-state index contributed by atoms with van der Waals surface area (Å²) in [7, 11) is 1.18. The molecule has 0 unspecified atom stereocenters. The first-order valence-corrected chi connectivity index (χ1v) is 8.93. The highest BCUT2D eigenvalue weighted by Crippen LogP contribution is 2.28. The van der Waals surface area contributed by atoms with Crippen molar-refractivity contribution in [3.8, 4) is 16.9 Å². The van der Waals surface area contributed by atoms with E-state index in [4.69, 9.17) is 4.74 Å². The van der Waals surface area contributed by atoms with Crippen LogP contribution in [-0.2, 0) is 9.53 Å². The standard InChI is InChI=1S/C22H18N2O6/c1-29-22(26)17-9-12-20(19(13-17)24(27)28)30-14-21(25)23-18-10-7-16(8-11-18)15-5-3-2-4-6-15/h2-13H,14H2,1H3,(H,23,25). The Kier molecular flexibility index (Phi) is 6.39. The van der Waals surface area contributed by atoms with E-state index in [-0.39, 0.29) is 11.3 Å². The molecule has 0 spiro atoms. The number of carbonyl (C=O) groups excluding carboxylic acids is 2. The predicted octanol–water partition coefficient (Wildman–Crippen LogP) is 4.07. The van der Waals surface area contributed by atoms with Crippen LogP contribution in [0.4, 0.5) is 11.4 Å². The van der Waals surface area contributed by atoms with Gasteiger partial charge in [-0.25, -0.2) is 4.79 Å². The van der Waals surface area contributed by atoms with Crippen LogP contribution in [0.3, 0.4) is 0 Å². The molecule has 1 N–H and O–H groups in total. The maximum atomic E-state index is 12.2. The number of carbonyl (C=O) groups is 2. The lowest BCUT2D eigenvalue weighted by Crippen LogP contribution is -2.20. The smallest absolute Gasteiger partial charge is 0.338 e. The molecule has 0 aliphatic carbocycles. The zero-order chi connectivity index (χ0) is 21.5. The van der Waals surface area contributed by atoms with Crippen molar-refractivity contribution in [3.05, 3.63) is 88.5 Å². The van der Waals surface area contributed by atoms with Crippen molar-refractivity contribution in [2.75, 3.05) is 19.0 Å². The number of methoxy groups -OCH3 is 1. The van der Waals surface area contributed by atoms with Crippen LogP contribution < -0.4 is 10.1 Å². The summed E-state index contributed by atoms with van der Waals surface area (Å²) in [5.74, 6) is -1.31. The molecule has 8 heteroatoms. The number of nitrogens with zero attached hydrogens (tertiary/aromatic N) is 1. The molecule has 0 saturated heterocycles. The normalized spacial score (nSPS) is 10.2. The molecule has 0 radical (unpaired) electrons. The van der Waals surface area contributed by atoms with Gasteiger partial charge in [-0.15, -0.1) is 0 Å². The first-order chi connectivity index (χ1) is 14.5. The molecule has 0 saturated carbocycles. The number of esters is 1. The van der Waals surface area contributed by atoms with Gasteiger partial charge in [-0.3, -0.25) is 14.9 Å². The summed E-state index contributed by atoms with van der Waals surface area (Å²) < 4.78 is 9.83. The van der Waals surface area contributed by atoms with Crippen molar-refractivity contribution in [2.24, 2.45) is 0 Å². The van der Waals surface area contributed by atoms with Gasteiger partial charge in [0.2, 0.25) is 0 Å². The van der Waals surface area contributed by atoms with Crippen LogP contribution in [0, 0.1) is 10.1 Å². The van der Waals surface area contributed by atoms with E-state index in [1.54, 1.807) is 12.1 Å². The van der Waals surface area contributed by atoms with Crippen molar-refractivity contribution in [1.29, 1.82) is 0 Å². The minimum absolute atomic E-state index is 0.0134. The molecular weight excluding hydrogens is 388 g/mol. The van der Waals surface area contributed by atoms with Crippen LogP contribution in [-0.4, -0.2) is 30.5 Å². The summed E-state index contributed by atoms with van der Waals surface area (Å²) in [4.78, 5) is 34.2. The van der Waals surface area contributed by atoms with Crippen LogP contribution in [0.15, 0.2) is 72.8 Å². The summed E-state index contributed by atoms with van der Waals surface area (Å²) in [6.45, 7) is -0.432. The van der Waals surface area contributed by atoms with Crippen LogP contribution in [0.1, 0.15) is 10.4 Å². The molecule has 0 heterocycles. The van der Waals surface area contributed by atoms with E-state index < -0.39 is 29.1 Å². The molecule has 8 nitrogen and oxygen atoms in total. The third-order valence-corrected chi connectivity index (χ3v) is 4.21. The number of anilines is 1. The van der Waals surface area contributed by atoms with Crippen molar-refractivity contribution in [2.45, 2.75) is 0 Å². The molecule has 3 rings (SSSR count). The van der Waals surface area contributed by atoms with Gasteiger partial charge in [-0.2, -0.15) is 0 Å². The van der Waals surface area contributed by atoms with E-state index in [0.29, 0.717) is 5.69 Å². The van der Waals surface area contributed by atoms with E-state index >= 15 is 0 Å². The van der Waals surface area contributed by atoms with Crippen molar-refractivity contribution >= 4 is 23.3 Å². The van der Waals surface area contributed by atoms with Gasteiger partial charge in [0, 0.05) is 11.8 Å². The summed E-state index contributed by atoms with van der Waals surface area (Å²) in [6, 6.07) is 20.7. The lowest BCUT2D eigenvalue weighted by molar-refractivity contribution is -0.385. The molecule has 0 aliphatic heterocycles. The minimum Gasteiger partial charge on any atom is -0.477 e. The molecule has 3 aromatic rings. The van der Waals surface area contributed by atoms with Crippen molar-refractivity contribution < 1.29 is 24.0 Å². The topological polar surface area (TPSA) is 108 Å². The molecule has 0 atom stereocenters. The molecule has 3 aromatic carbocycles. The molecular formula is C22H18N2O6. The summed E-state index contributed by atoms with van der Waals surface area (Å²) in [5.41, 5.74) is 2.21. The van der Waals surface area contributed by atoms with Crippen LogP contribution in [0.25, 0.3) is 11.1 Å². The monoisotopic (exact) mass is 406 g/mol. The second kappa shape index (κ2) is 9.33. The predicted molar refractivity (Wildman–Crippen MR) is 110 cm³/mol. The Hall–Kier alpha value is -4.20. The molecule has 0 bridgehead atoms. The number of amides is 1. The van der Waals surface area contributed by atoms with Gasteiger partial charge in [-0.1, -0.05) is 42.5 Å². The Morgan fingerprint density at radius 2 is 1.63 bits per heavy atom. The number of ether oxygens (including phenoxy) is 2. The van der Waals surface area contributed by atoms with Crippen LogP contribution in [0.2, 0.25) is 0 Å². The van der Waals surface area contributed by atoms with Gasteiger partial charge < -0.3 is 14.8 Å². The van der Waals surface area contributed by atoms with E-state index in [9.17, 15) is 19.7 Å². The molecule has 0 aromatic heterocycles. The first-order valence-electron chi connectivity index (χ1n) is 8.93. The second-order valence-corrected chi connectivity index (χ2v) is 6.21. The largest absolute Gasteiger partial charge is 0.477 e. The number of nitrogens with one attached hydrogen (secondary N) is 1.